The average Bonchev–Trinajstić information content (AvgIpc) is 3.01. The average molecular weight is 645 g/mol. The summed E-state index contributed by atoms with van der Waals surface area (Å²) in [5, 5.41) is 0. The molecule has 0 aromatic heterocycles. The second kappa shape index (κ2) is 15.5. The van der Waals surface area contributed by atoms with Gasteiger partial charge in [-0.15, -0.1) is 0 Å². The first-order valence-electron chi connectivity index (χ1n) is 16.5. The van der Waals surface area contributed by atoms with E-state index >= 15 is 0 Å². The highest BCUT2D eigenvalue weighted by atomic mass is 16.6. The number of amides is 4. The molecular weight excluding hydrogens is 588 g/mol. The first kappa shape index (κ1) is 37.1. The molecule has 0 radical (unpaired) electrons. The van der Waals surface area contributed by atoms with Crippen LogP contribution in [0, 0.1) is 5.41 Å². The van der Waals surface area contributed by atoms with Crippen molar-refractivity contribution in [2.75, 3.05) is 61.0 Å². The maximum Gasteiger partial charge on any atom is 0.410 e. The van der Waals surface area contributed by atoms with Crippen LogP contribution >= 0.6 is 0 Å². The molecule has 1 aromatic rings. The normalized spacial score (nSPS) is 20.1. The summed E-state index contributed by atoms with van der Waals surface area (Å²) in [6.45, 7) is 11.6. The van der Waals surface area contributed by atoms with Crippen LogP contribution in [0.3, 0.4) is 0 Å². The molecule has 4 amide bonds. The standard InChI is InChI=1S/C35H56N4O7/c1-33(2,3)46-32(43)39-23-19-35(20-24-39)18-12-13-21-36(6)30(41)27(16-14-22-37(7)31(42)34(4,5)44-9)38(8)29(40)26-15-10-11-17-28(26)45-25-35/h10-11,15,17,27H,12-14,16,18-25H2,1-9H3/t27-/m0/s1. The zero-order valence-corrected chi connectivity index (χ0v) is 29.5. The van der Waals surface area contributed by atoms with Crippen molar-refractivity contribution in [1.82, 2.24) is 19.6 Å². The molecule has 0 saturated carbocycles. The second-order valence-electron chi connectivity index (χ2n) is 14.5. The third kappa shape index (κ3) is 9.59. The Balaban J connectivity index is 1.79. The fraction of sp³-hybridized carbons (Fsp3) is 0.714. The van der Waals surface area contributed by atoms with Crippen molar-refractivity contribution in [3.63, 3.8) is 0 Å². The van der Waals surface area contributed by atoms with Crippen molar-refractivity contribution in [2.24, 2.45) is 5.41 Å². The highest BCUT2D eigenvalue weighted by molar-refractivity contribution is 5.99. The van der Waals surface area contributed by atoms with E-state index in [0.717, 1.165) is 32.1 Å². The summed E-state index contributed by atoms with van der Waals surface area (Å²) in [5.74, 6) is -0.0821. The van der Waals surface area contributed by atoms with E-state index in [-0.39, 0.29) is 29.2 Å². The molecule has 3 rings (SSSR count). The lowest BCUT2D eigenvalue weighted by Gasteiger charge is -2.42. The Kier molecular flexibility index (Phi) is 12.5. The van der Waals surface area contributed by atoms with E-state index in [1.165, 1.54) is 12.0 Å². The van der Waals surface area contributed by atoms with Gasteiger partial charge >= 0.3 is 6.09 Å². The molecule has 1 fully saturated rings. The topological polar surface area (TPSA) is 109 Å². The van der Waals surface area contributed by atoms with Crippen LogP contribution in [0.25, 0.3) is 0 Å². The maximum absolute atomic E-state index is 14.0. The molecule has 11 nitrogen and oxygen atoms in total. The van der Waals surface area contributed by atoms with Gasteiger partial charge in [0.1, 0.15) is 23.0 Å². The summed E-state index contributed by atoms with van der Waals surface area (Å²) in [6.07, 6.45) is 4.75. The largest absolute Gasteiger partial charge is 0.492 e. The first-order valence-corrected chi connectivity index (χ1v) is 16.5. The minimum absolute atomic E-state index is 0.127. The van der Waals surface area contributed by atoms with Gasteiger partial charge in [0.25, 0.3) is 11.8 Å². The Morgan fingerprint density at radius 2 is 1.65 bits per heavy atom. The predicted octanol–water partition coefficient (Wildman–Crippen LogP) is 4.83. The van der Waals surface area contributed by atoms with E-state index in [1.807, 2.05) is 26.8 Å². The zero-order chi connectivity index (χ0) is 34.3. The van der Waals surface area contributed by atoms with E-state index in [9.17, 15) is 19.2 Å². The molecule has 46 heavy (non-hydrogen) atoms. The van der Waals surface area contributed by atoms with Crippen LogP contribution in [0.4, 0.5) is 4.79 Å². The van der Waals surface area contributed by atoms with Gasteiger partial charge in [0.05, 0.1) is 12.2 Å². The van der Waals surface area contributed by atoms with Crippen molar-refractivity contribution in [3.8, 4) is 5.75 Å². The number of para-hydroxylation sites is 1. The van der Waals surface area contributed by atoms with Gasteiger partial charge in [0.2, 0.25) is 5.91 Å². The number of carbonyl (C=O) groups is 4. The van der Waals surface area contributed by atoms with Gasteiger partial charge < -0.3 is 33.8 Å². The smallest absolute Gasteiger partial charge is 0.410 e. The van der Waals surface area contributed by atoms with Crippen molar-refractivity contribution in [1.29, 1.82) is 0 Å². The van der Waals surface area contributed by atoms with E-state index in [0.29, 0.717) is 56.9 Å². The Morgan fingerprint density at radius 3 is 2.28 bits per heavy atom. The van der Waals surface area contributed by atoms with Crippen LogP contribution in [0.1, 0.15) is 89.9 Å². The van der Waals surface area contributed by atoms with Gasteiger partial charge in [-0.3, -0.25) is 14.4 Å². The molecule has 1 atom stereocenters. The summed E-state index contributed by atoms with van der Waals surface area (Å²) in [5.41, 5.74) is -1.27. The molecule has 2 aliphatic heterocycles. The molecule has 0 bridgehead atoms. The monoisotopic (exact) mass is 644 g/mol. The van der Waals surface area contributed by atoms with E-state index in [1.54, 1.807) is 67.9 Å². The van der Waals surface area contributed by atoms with Crippen LogP contribution in [0.2, 0.25) is 0 Å². The van der Waals surface area contributed by atoms with Crippen LogP contribution in [0.15, 0.2) is 24.3 Å². The number of piperidine rings is 1. The van der Waals surface area contributed by atoms with Gasteiger partial charge in [-0.25, -0.2) is 4.79 Å². The van der Waals surface area contributed by atoms with Gasteiger partial charge in [-0.1, -0.05) is 18.6 Å². The van der Waals surface area contributed by atoms with Crippen LogP contribution in [0.5, 0.6) is 5.75 Å². The quantitative estimate of drug-likeness (QED) is 0.437. The van der Waals surface area contributed by atoms with Gasteiger partial charge in [0.15, 0.2) is 0 Å². The molecule has 11 heteroatoms. The number of nitrogens with zero attached hydrogens (tertiary/aromatic N) is 4. The SMILES string of the molecule is COC(C)(C)C(=O)N(C)CCC[C@H]1C(=O)N(C)CCCCC2(CCN(C(=O)OC(C)(C)C)CC2)COc2ccccc2C(=O)N1C. The molecular formula is C35H56N4O7. The number of likely N-dealkylation sites (tertiary alicyclic amines) is 1. The lowest BCUT2D eigenvalue weighted by molar-refractivity contribution is -0.149. The predicted molar refractivity (Wildman–Crippen MR) is 177 cm³/mol. The number of likely N-dealkylation sites (N-methyl/N-ethyl adjacent to an activating group) is 3. The summed E-state index contributed by atoms with van der Waals surface area (Å²) in [7, 11) is 6.69. The Morgan fingerprint density at radius 1 is 1.00 bits per heavy atom. The highest BCUT2D eigenvalue weighted by Gasteiger charge is 2.39. The van der Waals surface area contributed by atoms with Crippen molar-refractivity contribution >= 4 is 23.8 Å². The Bertz CT molecular complexity index is 1220. The fourth-order valence-electron chi connectivity index (χ4n) is 6.15. The van der Waals surface area contributed by atoms with Crippen molar-refractivity contribution < 1.29 is 33.4 Å². The number of ether oxygens (including phenoxy) is 3. The van der Waals surface area contributed by atoms with Crippen molar-refractivity contribution in [2.45, 2.75) is 96.8 Å². The Hall–Kier alpha value is -3.34. The molecule has 1 saturated heterocycles. The highest BCUT2D eigenvalue weighted by Crippen LogP contribution is 2.38. The number of hydrogen-bond acceptors (Lipinski definition) is 7. The minimum atomic E-state index is -0.945. The van der Waals surface area contributed by atoms with Crippen LogP contribution < -0.4 is 4.74 Å². The fourth-order valence-corrected chi connectivity index (χ4v) is 6.15. The summed E-state index contributed by atoms with van der Waals surface area (Å²) in [4.78, 5) is 60.0. The molecule has 2 heterocycles. The number of rotatable bonds is 6. The molecule has 1 aromatic carbocycles. The molecule has 2 aliphatic rings. The van der Waals surface area contributed by atoms with E-state index in [2.05, 4.69) is 0 Å². The summed E-state index contributed by atoms with van der Waals surface area (Å²) < 4.78 is 17.4. The van der Waals surface area contributed by atoms with E-state index in [4.69, 9.17) is 14.2 Å². The van der Waals surface area contributed by atoms with Crippen LogP contribution in [-0.2, 0) is 19.1 Å². The minimum Gasteiger partial charge on any atom is -0.492 e. The number of methoxy groups -OCH3 is 1. The summed E-state index contributed by atoms with van der Waals surface area (Å²) in [6, 6.07) is 6.49. The van der Waals surface area contributed by atoms with Gasteiger partial charge in [-0.05, 0) is 85.3 Å². The first-order chi connectivity index (χ1) is 21.5. The molecule has 0 unspecified atom stereocenters. The van der Waals surface area contributed by atoms with Crippen molar-refractivity contribution in [3.05, 3.63) is 29.8 Å². The third-order valence-corrected chi connectivity index (χ3v) is 9.37. The number of fused-ring (bicyclic) bond motifs is 1. The van der Waals surface area contributed by atoms with Crippen LogP contribution in [-0.4, -0.2) is 122 Å². The Labute approximate surface area is 275 Å². The lowest BCUT2D eigenvalue weighted by Crippen LogP contribution is -2.49. The molecule has 0 N–H and O–H groups in total. The van der Waals surface area contributed by atoms with Gasteiger partial charge in [-0.2, -0.15) is 0 Å². The number of benzene rings is 1. The summed E-state index contributed by atoms with van der Waals surface area (Å²) >= 11 is 0. The molecule has 0 aliphatic carbocycles. The lowest BCUT2D eigenvalue weighted by atomic mass is 9.75. The maximum atomic E-state index is 14.0. The molecule has 1 spiro atoms. The third-order valence-electron chi connectivity index (χ3n) is 9.37. The number of hydrogen-bond donors (Lipinski definition) is 0. The number of carbonyl (C=O) groups excluding carboxylic acids is 4. The van der Waals surface area contributed by atoms with E-state index < -0.39 is 17.2 Å². The molecule has 258 valence electrons. The zero-order valence-electron chi connectivity index (χ0n) is 29.5. The second-order valence-corrected chi connectivity index (χ2v) is 14.5. The van der Waals surface area contributed by atoms with Gasteiger partial charge in [0, 0.05) is 59.8 Å².